The highest BCUT2D eigenvalue weighted by molar-refractivity contribution is 6.03. The predicted octanol–water partition coefficient (Wildman–Crippen LogP) is 2.63. The lowest BCUT2D eigenvalue weighted by Crippen LogP contribution is -2.27. The molecule has 3 aromatic rings. The number of fused-ring (bicyclic) bond motifs is 1. The van der Waals surface area contributed by atoms with Gasteiger partial charge in [-0.05, 0) is 37.3 Å². The Bertz CT molecular complexity index is 1090. The third kappa shape index (κ3) is 3.86. The van der Waals surface area contributed by atoms with Crippen LogP contribution in [0.2, 0.25) is 0 Å². The van der Waals surface area contributed by atoms with Gasteiger partial charge in [-0.2, -0.15) is 5.10 Å². The molecule has 1 aromatic heterocycles. The molecule has 0 fully saturated rings. The van der Waals surface area contributed by atoms with E-state index in [1.165, 1.54) is 19.2 Å². The summed E-state index contributed by atoms with van der Waals surface area (Å²) in [6.07, 6.45) is 1.92. The van der Waals surface area contributed by atoms with Crippen LogP contribution in [0.4, 0.5) is 5.69 Å². The van der Waals surface area contributed by atoms with Gasteiger partial charge in [-0.1, -0.05) is 18.2 Å². The lowest BCUT2D eigenvalue weighted by Gasteiger charge is -2.19. The van der Waals surface area contributed by atoms with Gasteiger partial charge in [0.1, 0.15) is 5.75 Å². The average Bonchev–Trinajstić information content (AvgIpc) is 3.23. The minimum absolute atomic E-state index is 0.0645. The van der Waals surface area contributed by atoms with E-state index >= 15 is 0 Å². The molecular formula is C21H17N3O5. The molecule has 1 amide bonds. The number of ketones is 1. The number of rotatable bonds is 5. The zero-order chi connectivity index (χ0) is 20.4. The fourth-order valence-electron chi connectivity index (χ4n) is 2.90. The number of para-hydroxylation sites is 1. The summed E-state index contributed by atoms with van der Waals surface area (Å²) in [4.78, 5) is 36.5. The van der Waals surface area contributed by atoms with Crippen molar-refractivity contribution in [3.63, 3.8) is 0 Å². The van der Waals surface area contributed by atoms with Crippen LogP contribution < -0.4 is 10.1 Å². The van der Waals surface area contributed by atoms with Crippen molar-refractivity contribution >= 4 is 23.3 Å². The standard InChI is InChI=1S/C21H17N3O5/c1-13(20(26)14-7-8-18-17(9-14)23-19(25)12-28-18)29-21(27)15-10-22-24(11-15)16-5-3-2-4-6-16/h2-11,13H,12H2,1H3,(H,23,25)/t13-/m0/s1. The fraction of sp³-hybridized carbons (Fsp3) is 0.143. The highest BCUT2D eigenvalue weighted by Gasteiger charge is 2.24. The number of carbonyl (C=O) groups is 3. The molecule has 0 radical (unpaired) electrons. The molecule has 0 spiro atoms. The van der Waals surface area contributed by atoms with E-state index in [0.29, 0.717) is 17.0 Å². The van der Waals surface area contributed by atoms with Crippen molar-refractivity contribution in [1.29, 1.82) is 0 Å². The number of nitrogens with zero attached hydrogens (tertiary/aromatic N) is 2. The van der Waals surface area contributed by atoms with Crippen LogP contribution in [0.1, 0.15) is 27.6 Å². The van der Waals surface area contributed by atoms with Gasteiger partial charge >= 0.3 is 5.97 Å². The minimum atomic E-state index is -1.01. The number of esters is 1. The number of nitrogens with one attached hydrogen (secondary N) is 1. The summed E-state index contributed by atoms with van der Waals surface area (Å²) < 4.78 is 12.1. The smallest absolute Gasteiger partial charge is 0.342 e. The van der Waals surface area contributed by atoms with Crippen LogP contribution in [0, 0.1) is 0 Å². The van der Waals surface area contributed by atoms with Crippen LogP contribution in [-0.4, -0.2) is 40.2 Å². The van der Waals surface area contributed by atoms with E-state index in [-0.39, 0.29) is 18.1 Å². The maximum atomic E-state index is 12.7. The van der Waals surface area contributed by atoms with Crippen LogP contribution in [0.25, 0.3) is 5.69 Å². The molecule has 29 heavy (non-hydrogen) atoms. The van der Waals surface area contributed by atoms with Gasteiger partial charge in [-0.25, -0.2) is 9.48 Å². The maximum Gasteiger partial charge on any atom is 0.342 e. The molecule has 1 atom stereocenters. The Labute approximate surface area is 166 Å². The second kappa shape index (κ2) is 7.59. The summed E-state index contributed by atoms with van der Waals surface area (Å²) >= 11 is 0. The Morgan fingerprint density at radius 2 is 1.97 bits per heavy atom. The molecular weight excluding hydrogens is 374 g/mol. The van der Waals surface area contributed by atoms with Crippen molar-refractivity contribution in [3.05, 3.63) is 72.1 Å². The maximum absolute atomic E-state index is 12.7. The van der Waals surface area contributed by atoms with Crippen molar-refractivity contribution in [2.24, 2.45) is 0 Å². The molecule has 1 aliphatic heterocycles. The van der Waals surface area contributed by atoms with Gasteiger partial charge in [-0.15, -0.1) is 0 Å². The lowest BCUT2D eigenvalue weighted by atomic mass is 10.1. The van der Waals surface area contributed by atoms with E-state index in [9.17, 15) is 14.4 Å². The molecule has 4 rings (SSSR count). The SMILES string of the molecule is C[C@H](OC(=O)c1cnn(-c2ccccc2)c1)C(=O)c1ccc2c(c1)NC(=O)CO2. The normalized spacial score (nSPS) is 13.6. The number of carbonyl (C=O) groups excluding carboxylic acids is 3. The lowest BCUT2D eigenvalue weighted by molar-refractivity contribution is -0.118. The van der Waals surface area contributed by atoms with E-state index < -0.39 is 17.9 Å². The summed E-state index contributed by atoms with van der Waals surface area (Å²) in [6, 6.07) is 14.0. The Kier molecular flexibility index (Phi) is 4.82. The van der Waals surface area contributed by atoms with Crippen molar-refractivity contribution in [2.75, 3.05) is 11.9 Å². The molecule has 0 bridgehead atoms. The van der Waals surface area contributed by atoms with Crippen LogP contribution in [0.15, 0.2) is 60.9 Å². The molecule has 0 saturated carbocycles. The van der Waals surface area contributed by atoms with Gasteiger partial charge in [0.15, 0.2) is 12.7 Å². The number of Topliss-reactive ketones (excluding diaryl/α,β-unsaturated/α-hetero) is 1. The number of amides is 1. The second-order valence-electron chi connectivity index (χ2n) is 6.47. The van der Waals surface area contributed by atoms with Crippen molar-refractivity contribution in [2.45, 2.75) is 13.0 Å². The Morgan fingerprint density at radius 3 is 2.76 bits per heavy atom. The second-order valence-corrected chi connectivity index (χ2v) is 6.47. The van der Waals surface area contributed by atoms with Crippen molar-refractivity contribution < 1.29 is 23.9 Å². The highest BCUT2D eigenvalue weighted by atomic mass is 16.5. The van der Waals surface area contributed by atoms with Gasteiger partial charge < -0.3 is 14.8 Å². The van der Waals surface area contributed by atoms with Crippen LogP contribution >= 0.6 is 0 Å². The van der Waals surface area contributed by atoms with E-state index in [1.807, 2.05) is 30.3 Å². The Balaban J connectivity index is 1.45. The van der Waals surface area contributed by atoms with Gasteiger partial charge in [-0.3, -0.25) is 9.59 Å². The summed E-state index contributed by atoms with van der Waals surface area (Å²) in [6.45, 7) is 1.43. The number of anilines is 1. The van der Waals surface area contributed by atoms with E-state index in [0.717, 1.165) is 5.69 Å². The number of ether oxygens (including phenoxy) is 2. The van der Waals surface area contributed by atoms with Crippen LogP contribution in [0.3, 0.4) is 0 Å². The third-order valence-electron chi connectivity index (χ3n) is 4.39. The van der Waals surface area contributed by atoms with Gasteiger partial charge in [0.05, 0.1) is 23.1 Å². The summed E-state index contributed by atoms with van der Waals surface area (Å²) in [5.74, 6) is -0.852. The number of benzene rings is 2. The molecule has 8 heteroatoms. The molecule has 0 aliphatic carbocycles. The summed E-state index contributed by atoms with van der Waals surface area (Å²) in [5, 5.41) is 6.79. The van der Waals surface area contributed by atoms with Crippen molar-refractivity contribution in [1.82, 2.24) is 9.78 Å². The zero-order valence-corrected chi connectivity index (χ0v) is 15.5. The first-order valence-electron chi connectivity index (χ1n) is 8.93. The van der Waals surface area contributed by atoms with Gasteiger partial charge in [0, 0.05) is 11.8 Å². The third-order valence-corrected chi connectivity index (χ3v) is 4.39. The molecule has 146 valence electrons. The molecule has 1 aliphatic rings. The summed E-state index contributed by atoms with van der Waals surface area (Å²) in [5.41, 5.74) is 1.75. The first-order valence-corrected chi connectivity index (χ1v) is 8.93. The number of aromatic nitrogens is 2. The molecule has 8 nitrogen and oxygen atoms in total. The van der Waals surface area contributed by atoms with Gasteiger partial charge in [0.2, 0.25) is 5.78 Å². The van der Waals surface area contributed by atoms with E-state index in [4.69, 9.17) is 9.47 Å². The monoisotopic (exact) mass is 391 g/mol. The van der Waals surface area contributed by atoms with Crippen molar-refractivity contribution in [3.8, 4) is 11.4 Å². The fourth-order valence-corrected chi connectivity index (χ4v) is 2.90. The van der Waals surface area contributed by atoms with Crippen LogP contribution in [-0.2, 0) is 9.53 Å². The zero-order valence-electron chi connectivity index (χ0n) is 15.5. The first kappa shape index (κ1) is 18.4. The molecule has 2 aromatic carbocycles. The average molecular weight is 391 g/mol. The van der Waals surface area contributed by atoms with Crippen LogP contribution in [0.5, 0.6) is 5.75 Å². The largest absolute Gasteiger partial charge is 0.482 e. The topological polar surface area (TPSA) is 99.5 Å². The molecule has 1 N–H and O–H groups in total. The first-order chi connectivity index (χ1) is 14.0. The van der Waals surface area contributed by atoms with E-state index in [1.54, 1.807) is 23.0 Å². The molecule has 2 heterocycles. The Hall–Kier alpha value is -3.94. The Morgan fingerprint density at radius 1 is 1.17 bits per heavy atom. The number of hydrogen-bond acceptors (Lipinski definition) is 6. The minimum Gasteiger partial charge on any atom is -0.482 e. The highest BCUT2D eigenvalue weighted by Crippen LogP contribution is 2.29. The van der Waals surface area contributed by atoms with Gasteiger partial charge in [0.25, 0.3) is 5.91 Å². The molecule has 0 saturated heterocycles. The quantitative estimate of drug-likeness (QED) is 0.530. The summed E-state index contributed by atoms with van der Waals surface area (Å²) in [7, 11) is 0. The van der Waals surface area contributed by atoms with E-state index in [2.05, 4.69) is 10.4 Å². The predicted molar refractivity (Wildman–Crippen MR) is 103 cm³/mol. The number of hydrogen-bond donors (Lipinski definition) is 1. The molecule has 0 unspecified atom stereocenters.